The van der Waals surface area contributed by atoms with Crippen LogP contribution >= 0.6 is 23.4 Å². The third-order valence-electron chi connectivity index (χ3n) is 3.92. The standard InChI is InChI=1S/C20H21ClF3NOS/c1-4-14(7-11(2)3)27-18-8-12(5-6-15(18)21)20(26)25-13-9-16(22)19(24)17(23)10-13/h5-6,8-11,14H,4,7H2,1-3H3,(H,25,26). The number of hydrogen-bond donors (Lipinski definition) is 1. The van der Waals surface area contributed by atoms with Crippen molar-refractivity contribution in [2.24, 2.45) is 5.92 Å². The lowest BCUT2D eigenvalue weighted by atomic mass is 10.1. The van der Waals surface area contributed by atoms with Crippen LogP contribution in [0, 0.1) is 23.4 Å². The first-order valence-corrected chi connectivity index (χ1v) is 9.89. The lowest BCUT2D eigenvalue weighted by molar-refractivity contribution is 0.102. The van der Waals surface area contributed by atoms with Crippen LogP contribution in [0.2, 0.25) is 5.02 Å². The fraction of sp³-hybridized carbons (Fsp3) is 0.350. The van der Waals surface area contributed by atoms with Gasteiger partial charge in [0.2, 0.25) is 0 Å². The van der Waals surface area contributed by atoms with Crippen molar-refractivity contribution in [2.45, 2.75) is 43.8 Å². The van der Waals surface area contributed by atoms with Gasteiger partial charge in [0.25, 0.3) is 5.91 Å². The van der Waals surface area contributed by atoms with E-state index in [2.05, 4.69) is 26.1 Å². The maximum absolute atomic E-state index is 13.3. The fourth-order valence-electron chi connectivity index (χ4n) is 2.57. The van der Waals surface area contributed by atoms with Gasteiger partial charge in [-0.2, -0.15) is 0 Å². The van der Waals surface area contributed by atoms with E-state index in [0.29, 0.717) is 21.8 Å². The van der Waals surface area contributed by atoms with Crippen molar-refractivity contribution in [2.75, 3.05) is 5.32 Å². The molecule has 0 saturated carbocycles. The summed E-state index contributed by atoms with van der Waals surface area (Å²) in [6.45, 7) is 6.40. The van der Waals surface area contributed by atoms with Gasteiger partial charge in [0.15, 0.2) is 17.5 Å². The molecule has 0 bridgehead atoms. The molecule has 2 aromatic carbocycles. The topological polar surface area (TPSA) is 29.1 Å². The van der Waals surface area contributed by atoms with Crippen molar-refractivity contribution in [3.63, 3.8) is 0 Å². The zero-order valence-corrected chi connectivity index (χ0v) is 16.9. The summed E-state index contributed by atoms with van der Waals surface area (Å²) in [5.74, 6) is -4.32. The van der Waals surface area contributed by atoms with Crippen LogP contribution in [-0.4, -0.2) is 11.2 Å². The Kier molecular flexibility index (Phi) is 7.62. The van der Waals surface area contributed by atoms with Gasteiger partial charge in [0.05, 0.1) is 5.02 Å². The van der Waals surface area contributed by atoms with Gasteiger partial charge in [-0.1, -0.05) is 32.4 Å². The number of benzene rings is 2. The van der Waals surface area contributed by atoms with Crippen LogP contribution in [0.15, 0.2) is 35.2 Å². The van der Waals surface area contributed by atoms with Crippen LogP contribution in [0.25, 0.3) is 0 Å². The molecule has 0 radical (unpaired) electrons. The Labute approximate surface area is 166 Å². The normalized spacial score (nSPS) is 12.3. The van der Waals surface area contributed by atoms with E-state index >= 15 is 0 Å². The molecule has 0 aliphatic rings. The molecular weight excluding hydrogens is 395 g/mol. The number of thioether (sulfide) groups is 1. The van der Waals surface area contributed by atoms with Gasteiger partial charge in [-0.3, -0.25) is 4.79 Å². The van der Waals surface area contributed by atoms with Crippen molar-refractivity contribution in [1.82, 2.24) is 0 Å². The van der Waals surface area contributed by atoms with Gasteiger partial charge in [0.1, 0.15) is 0 Å². The summed E-state index contributed by atoms with van der Waals surface area (Å²) in [6.07, 6.45) is 1.98. The van der Waals surface area contributed by atoms with Crippen LogP contribution in [0.3, 0.4) is 0 Å². The molecule has 0 aliphatic heterocycles. The summed E-state index contributed by atoms with van der Waals surface area (Å²) in [5.41, 5.74) is 0.137. The van der Waals surface area contributed by atoms with E-state index in [1.165, 1.54) is 6.07 Å². The number of hydrogen-bond acceptors (Lipinski definition) is 2. The number of rotatable bonds is 7. The van der Waals surface area contributed by atoms with Crippen LogP contribution < -0.4 is 5.32 Å². The lowest BCUT2D eigenvalue weighted by Gasteiger charge is -2.18. The van der Waals surface area contributed by atoms with E-state index in [9.17, 15) is 18.0 Å². The number of nitrogens with one attached hydrogen (secondary N) is 1. The molecule has 146 valence electrons. The molecule has 0 saturated heterocycles. The van der Waals surface area contributed by atoms with Gasteiger partial charge in [-0.15, -0.1) is 11.8 Å². The smallest absolute Gasteiger partial charge is 0.255 e. The third kappa shape index (κ3) is 5.91. The summed E-state index contributed by atoms with van der Waals surface area (Å²) in [4.78, 5) is 13.2. The molecule has 2 nitrogen and oxygen atoms in total. The maximum atomic E-state index is 13.3. The van der Waals surface area contributed by atoms with Gasteiger partial charge in [-0.25, -0.2) is 13.2 Å². The molecule has 1 unspecified atom stereocenters. The molecule has 0 aliphatic carbocycles. The van der Waals surface area contributed by atoms with Gasteiger partial charge >= 0.3 is 0 Å². The molecule has 0 fully saturated rings. The summed E-state index contributed by atoms with van der Waals surface area (Å²) in [5, 5.41) is 3.28. The van der Waals surface area contributed by atoms with E-state index in [4.69, 9.17) is 11.6 Å². The largest absolute Gasteiger partial charge is 0.322 e. The average molecular weight is 416 g/mol. The van der Waals surface area contributed by atoms with Crippen molar-refractivity contribution in [3.8, 4) is 0 Å². The second kappa shape index (κ2) is 9.51. The van der Waals surface area contributed by atoms with Crippen LogP contribution in [0.1, 0.15) is 44.0 Å². The van der Waals surface area contributed by atoms with Gasteiger partial charge < -0.3 is 5.32 Å². The number of anilines is 1. The number of halogens is 4. The zero-order chi connectivity index (χ0) is 20.1. The number of carbonyl (C=O) groups is 1. The first kappa shape index (κ1) is 21.6. The quantitative estimate of drug-likeness (QED) is 0.392. The SMILES string of the molecule is CCC(CC(C)C)Sc1cc(C(=O)Nc2cc(F)c(F)c(F)c2)ccc1Cl. The summed E-state index contributed by atoms with van der Waals surface area (Å²) in [6, 6.07) is 6.27. The van der Waals surface area contributed by atoms with Gasteiger partial charge in [0, 0.05) is 33.5 Å². The predicted molar refractivity (Wildman–Crippen MR) is 105 cm³/mol. The Morgan fingerprint density at radius 3 is 2.33 bits per heavy atom. The van der Waals surface area contributed by atoms with Crippen molar-refractivity contribution >= 4 is 35.0 Å². The van der Waals surface area contributed by atoms with Crippen LogP contribution in [0.5, 0.6) is 0 Å². The van der Waals surface area contributed by atoms with E-state index in [1.807, 2.05) is 0 Å². The van der Waals surface area contributed by atoms with Gasteiger partial charge in [-0.05, 0) is 37.0 Å². The second-order valence-corrected chi connectivity index (χ2v) is 8.38. The third-order valence-corrected chi connectivity index (χ3v) is 5.81. The first-order chi connectivity index (χ1) is 12.7. The molecule has 0 heterocycles. The number of carbonyl (C=O) groups excluding carboxylic acids is 1. The van der Waals surface area contributed by atoms with E-state index in [0.717, 1.165) is 29.9 Å². The molecule has 1 amide bonds. The fourth-order valence-corrected chi connectivity index (χ4v) is 4.20. The highest BCUT2D eigenvalue weighted by molar-refractivity contribution is 8.00. The molecule has 0 spiro atoms. The van der Waals surface area contributed by atoms with Crippen LogP contribution in [-0.2, 0) is 0 Å². The van der Waals surface area contributed by atoms with Crippen molar-refractivity contribution in [3.05, 3.63) is 58.4 Å². The Bertz CT molecular complexity index is 806. The van der Waals surface area contributed by atoms with E-state index in [-0.39, 0.29) is 5.69 Å². The molecule has 0 aromatic heterocycles. The molecule has 1 atom stereocenters. The molecule has 2 rings (SSSR count). The summed E-state index contributed by atoms with van der Waals surface area (Å²) in [7, 11) is 0. The highest BCUT2D eigenvalue weighted by atomic mass is 35.5. The Balaban J connectivity index is 2.20. The Morgan fingerprint density at radius 1 is 1.15 bits per heavy atom. The second-order valence-electron chi connectivity index (χ2n) is 6.63. The average Bonchev–Trinajstić information content (AvgIpc) is 2.60. The first-order valence-electron chi connectivity index (χ1n) is 8.63. The Hall–Kier alpha value is -1.66. The number of amides is 1. The van der Waals surface area contributed by atoms with E-state index in [1.54, 1.807) is 23.9 Å². The summed E-state index contributed by atoms with van der Waals surface area (Å²) < 4.78 is 39.7. The molecule has 7 heteroatoms. The monoisotopic (exact) mass is 415 g/mol. The van der Waals surface area contributed by atoms with Crippen molar-refractivity contribution < 1.29 is 18.0 Å². The lowest BCUT2D eigenvalue weighted by Crippen LogP contribution is -2.13. The molecular formula is C20H21ClF3NOS. The zero-order valence-electron chi connectivity index (χ0n) is 15.3. The van der Waals surface area contributed by atoms with E-state index < -0.39 is 23.4 Å². The molecule has 27 heavy (non-hydrogen) atoms. The molecule has 2 aromatic rings. The minimum atomic E-state index is -1.58. The highest BCUT2D eigenvalue weighted by Gasteiger charge is 2.16. The maximum Gasteiger partial charge on any atom is 0.255 e. The van der Waals surface area contributed by atoms with Crippen molar-refractivity contribution in [1.29, 1.82) is 0 Å². The summed E-state index contributed by atoms with van der Waals surface area (Å²) >= 11 is 7.87. The predicted octanol–water partition coefficient (Wildman–Crippen LogP) is 6.93. The minimum Gasteiger partial charge on any atom is -0.322 e. The molecule has 1 N–H and O–H groups in total. The minimum absolute atomic E-state index is 0.160. The van der Waals surface area contributed by atoms with Crippen LogP contribution in [0.4, 0.5) is 18.9 Å². The Morgan fingerprint density at radius 2 is 1.78 bits per heavy atom. The highest BCUT2D eigenvalue weighted by Crippen LogP contribution is 2.35.